The van der Waals surface area contributed by atoms with Gasteiger partial charge in [-0.05, 0) is 35.7 Å². The molecule has 0 saturated heterocycles. The SMILES string of the molecule is CC(C)c1ccccc1NC(=O)COC(=O)c1cc(Br)ccc1Cl. The molecule has 0 radical (unpaired) electrons. The average molecular weight is 411 g/mol. The van der Waals surface area contributed by atoms with Gasteiger partial charge in [-0.2, -0.15) is 0 Å². The molecule has 2 rings (SSSR count). The molecule has 2 aromatic carbocycles. The Hall–Kier alpha value is -1.85. The number of rotatable bonds is 5. The Morgan fingerprint density at radius 1 is 1.21 bits per heavy atom. The summed E-state index contributed by atoms with van der Waals surface area (Å²) in [5, 5.41) is 3.04. The van der Waals surface area contributed by atoms with Gasteiger partial charge in [-0.3, -0.25) is 4.79 Å². The zero-order chi connectivity index (χ0) is 17.7. The van der Waals surface area contributed by atoms with Crippen molar-refractivity contribution in [1.29, 1.82) is 0 Å². The van der Waals surface area contributed by atoms with Gasteiger partial charge in [0.1, 0.15) is 0 Å². The van der Waals surface area contributed by atoms with Gasteiger partial charge < -0.3 is 10.1 Å². The minimum atomic E-state index is -0.645. The molecule has 0 aliphatic rings. The molecule has 24 heavy (non-hydrogen) atoms. The number of halogens is 2. The highest BCUT2D eigenvalue weighted by Gasteiger charge is 2.15. The normalized spacial score (nSPS) is 10.5. The molecule has 0 unspecified atom stereocenters. The molecule has 0 atom stereocenters. The zero-order valence-electron chi connectivity index (χ0n) is 13.3. The first kappa shape index (κ1) is 18.5. The van der Waals surface area contributed by atoms with Crippen LogP contribution in [0.2, 0.25) is 5.02 Å². The average Bonchev–Trinajstić information content (AvgIpc) is 2.55. The molecule has 2 aromatic rings. The van der Waals surface area contributed by atoms with E-state index in [1.807, 2.05) is 38.1 Å². The Morgan fingerprint density at radius 3 is 2.62 bits per heavy atom. The predicted octanol–water partition coefficient (Wildman–Crippen LogP) is 5.02. The van der Waals surface area contributed by atoms with Crippen molar-refractivity contribution in [2.24, 2.45) is 0 Å². The lowest BCUT2D eigenvalue weighted by atomic mass is 10.0. The third-order valence-corrected chi connectivity index (χ3v) is 4.16. The highest BCUT2D eigenvalue weighted by Crippen LogP contribution is 2.24. The Labute approximate surface area is 154 Å². The van der Waals surface area contributed by atoms with E-state index in [9.17, 15) is 9.59 Å². The molecule has 1 N–H and O–H groups in total. The van der Waals surface area contributed by atoms with Crippen LogP contribution in [0.5, 0.6) is 0 Å². The standard InChI is InChI=1S/C18H17BrClNO3/c1-11(2)13-5-3-4-6-16(13)21-17(22)10-24-18(23)14-9-12(19)7-8-15(14)20/h3-9,11H,10H2,1-2H3,(H,21,22). The number of hydrogen-bond donors (Lipinski definition) is 1. The summed E-state index contributed by atoms with van der Waals surface area (Å²) in [5.74, 6) is -0.777. The number of anilines is 1. The Morgan fingerprint density at radius 2 is 1.92 bits per heavy atom. The Kier molecular flexibility index (Phi) is 6.40. The van der Waals surface area contributed by atoms with E-state index in [2.05, 4.69) is 21.2 Å². The molecule has 0 bridgehead atoms. The zero-order valence-corrected chi connectivity index (χ0v) is 15.6. The number of nitrogens with one attached hydrogen (secondary N) is 1. The van der Waals surface area contributed by atoms with Crippen LogP contribution in [0.25, 0.3) is 0 Å². The van der Waals surface area contributed by atoms with Crippen LogP contribution in [0, 0.1) is 0 Å². The van der Waals surface area contributed by atoms with Gasteiger partial charge >= 0.3 is 5.97 Å². The van der Waals surface area contributed by atoms with Gasteiger partial charge in [0.05, 0.1) is 10.6 Å². The van der Waals surface area contributed by atoms with Crippen LogP contribution in [-0.2, 0) is 9.53 Å². The minimum Gasteiger partial charge on any atom is -0.452 e. The molecule has 0 aromatic heterocycles. The monoisotopic (exact) mass is 409 g/mol. The highest BCUT2D eigenvalue weighted by atomic mass is 79.9. The van der Waals surface area contributed by atoms with E-state index >= 15 is 0 Å². The highest BCUT2D eigenvalue weighted by molar-refractivity contribution is 9.10. The van der Waals surface area contributed by atoms with Crippen LogP contribution in [0.15, 0.2) is 46.9 Å². The van der Waals surface area contributed by atoms with Crippen molar-refractivity contribution < 1.29 is 14.3 Å². The summed E-state index contributed by atoms with van der Waals surface area (Å²) in [6, 6.07) is 12.4. The lowest BCUT2D eigenvalue weighted by Crippen LogP contribution is -2.21. The fourth-order valence-corrected chi connectivity index (χ4v) is 2.72. The van der Waals surface area contributed by atoms with Crippen LogP contribution in [0.3, 0.4) is 0 Å². The summed E-state index contributed by atoms with van der Waals surface area (Å²) in [5.41, 5.74) is 1.95. The number of amides is 1. The maximum atomic E-state index is 12.0. The van der Waals surface area contributed by atoms with Gasteiger partial charge in [-0.25, -0.2) is 4.79 Å². The molecule has 1 amide bonds. The summed E-state index contributed by atoms with van der Waals surface area (Å²) < 4.78 is 5.74. The van der Waals surface area contributed by atoms with Crippen molar-refractivity contribution in [2.45, 2.75) is 19.8 Å². The lowest BCUT2D eigenvalue weighted by Gasteiger charge is -2.13. The lowest BCUT2D eigenvalue weighted by molar-refractivity contribution is -0.119. The van der Waals surface area contributed by atoms with Crippen molar-refractivity contribution >= 4 is 45.1 Å². The van der Waals surface area contributed by atoms with E-state index in [1.54, 1.807) is 18.2 Å². The first-order valence-corrected chi connectivity index (χ1v) is 8.56. The van der Waals surface area contributed by atoms with Gasteiger partial charge in [0.15, 0.2) is 6.61 Å². The summed E-state index contributed by atoms with van der Waals surface area (Å²) in [4.78, 5) is 24.1. The first-order valence-electron chi connectivity index (χ1n) is 7.39. The predicted molar refractivity (Wildman–Crippen MR) is 98.6 cm³/mol. The Balaban J connectivity index is 1.99. The smallest absolute Gasteiger partial charge is 0.340 e. The number of para-hydroxylation sites is 1. The summed E-state index contributed by atoms with van der Waals surface area (Å²) in [7, 11) is 0. The quantitative estimate of drug-likeness (QED) is 0.704. The Bertz CT molecular complexity index is 762. The molecular formula is C18H17BrClNO3. The molecule has 0 heterocycles. The van der Waals surface area contributed by atoms with E-state index in [0.717, 1.165) is 5.56 Å². The molecule has 6 heteroatoms. The van der Waals surface area contributed by atoms with Crippen LogP contribution in [-0.4, -0.2) is 18.5 Å². The van der Waals surface area contributed by atoms with E-state index in [0.29, 0.717) is 10.2 Å². The minimum absolute atomic E-state index is 0.210. The number of hydrogen-bond acceptors (Lipinski definition) is 3. The molecule has 0 fully saturated rings. The number of benzene rings is 2. The van der Waals surface area contributed by atoms with Crippen molar-refractivity contribution in [1.82, 2.24) is 0 Å². The number of esters is 1. The number of carbonyl (C=O) groups excluding carboxylic acids is 2. The first-order chi connectivity index (χ1) is 11.4. The van der Waals surface area contributed by atoms with Gasteiger partial charge in [0.25, 0.3) is 5.91 Å². The van der Waals surface area contributed by atoms with Gasteiger partial charge in [0, 0.05) is 10.2 Å². The topological polar surface area (TPSA) is 55.4 Å². The molecule has 0 saturated carbocycles. The van der Waals surface area contributed by atoms with Crippen molar-refractivity contribution in [3.8, 4) is 0 Å². The second-order valence-corrected chi connectivity index (χ2v) is 6.81. The molecular weight excluding hydrogens is 394 g/mol. The molecule has 0 aliphatic heterocycles. The van der Waals surface area contributed by atoms with Gasteiger partial charge in [-0.15, -0.1) is 0 Å². The van der Waals surface area contributed by atoms with E-state index in [4.69, 9.17) is 16.3 Å². The molecule has 0 spiro atoms. The summed E-state index contributed by atoms with van der Waals surface area (Å²) in [6.45, 7) is 3.70. The second-order valence-electron chi connectivity index (χ2n) is 5.49. The maximum absolute atomic E-state index is 12.0. The van der Waals surface area contributed by atoms with E-state index < -0.39 is 11.9 Å². The van der Waals surface area contributed by atoms with Gasteiger partial charge in [0.2, 0.25) is 0 Å². The van der Waals surface area contributed by atoms with Crippen LogP contribution < -0.4 is 5.32 Å². The van der Waals surface area contributed by atoms with Crippen LogP contribution in [0.1, 0.15) is 35.7 Å². The molecule has 126 valence electrons. The van der Waals surface area contributed by atoms with Gasteiger partial charge in [-0.1, -0.05) is 59.6 Å². The fourth-order valence-electron chi connectivity index (χ4n) is 2.16. The number of carbonyl (C=O) groups is 2. The number of ether oxygens (including phenoxy) is 1. The van der Waals surface area contributed by atoms with Crippen molar-refractivity contribution in [3.63, 3.8) is 0 Å². The fraction of sp³-hybridized carbons (Fsp3) is 0.222. The third kappa shape index (κ3) is 4.82. The van der Waals surface area contributed by atoms with Crippen molar-refractivity contribution in [3.05, 3.63) is 63.1 Å². The van der Waals surface area contributed by atoms with E-state index in [-0.39, 0.29) is 23.1 Å². The van der Waals surface area contributed by atoms with Crippen molar-refractivity contribution in [2.75, 3.05) is 11.9 Å². The maximum Gasteiger partial charge on any atom is 0.340 e. The summed E-state index contributed by atoms with van der Waals surface area (Å²) in [6.07, 6.45) is 0. The summed E-state index contributed by atoms with van der Waals surface area (Å²) >= 11 is 9.23. The third-order valence-electron chi connectivity index (χ3n) is 3.34. The molecule has 4 nitrogen and oxygen atoms in total. The van der Waals surface area contributed by atoms with E-state index in [1.165, 1.54) is 0 Å². The largest absolute Gasteiger partial charge is 0.452 e. The second kappa shape index (κ2) is 8.31. The van der Waals surface area contributed by atoms with Crippen LogP contribution >= 0.6 is 27.5 Å². The molecule has 0 aliphatic carbocycles. The van der Waals surface area contributed by atoms with Crippen LogP contribution in [0.4, 0.5) is 5.69 Å².